The quantitative estimate of drug-likeness (QED) is 0.173. The molecule has 65 heavy (non-hydrogen) atoms. The number of fused-ring (bicyclic) bond motifs is 1. The monoisotopic (exact) mass is 953 g/mol. The topological polar surface area (TPSA) is 180 Å². The number of carbonyl (C=O) groups is 5. The highest BCUT2D eigenvalue weighted by Gasteiger charge is 2.61. The van der Waals surface area contributed by atoms with Gasteiger partial charge in [0.25, 0.3) is 0 Å². The molecule has 4 saturated heterocycles. The maximum Gasteiger partial charge on any atom is 0.419 e. The predicted octanol–water partition coefficient (Wildman–Crippen LogP) is 7.30. The maximum atomic E-state index is 15.0. The van der Waals surface area contributed by atoms with Gasteiger partial charge in [-0.05, 0) is 104 Å². The normalized spacial score (nSPS) is 38.5. The van der Waals surface area contributed by atoms with Crippen LogP contribution in [-0.2, 0) is 49.2 Å². The summed E-state index contributed by atoms with van der Waals surface area (Å²) >= 11 is 12.5. The number of benzene rings is 1. The van der Waals surface area contributed by atoms with Gasteiger partial charge >= 0.3 is 24.2 Å². The molecule has 4 aliphatic heterocycles. The van der Waals surface area contributed by atoms with Crippen LogP contribution >= 0.6 is 23.2 Å². The van der Waals surface area contributed by atoms with Crippen LogP contribution in [0, 0.1) is 29.6 Å². The molecule has 0 unspecified atom stereocenters. The molecule has 5 aliphatic rings. The molecule has 364 valence electrons. The van der Waals surface area contributed by atoms with E-state index in [0.717, 1.165) is 29.8 Å². The van der Waals surface area contributed by atoms with Crippen LogP contribution in [0.1, 0.15) is 100.0 Å². The number of rotatable bonds is 11. The molecular formula is C47H69Cl2N3O13. The average molecular weight is 955 g/mol. The van der Waals surface area contributed by atoms with Crippen molar-refractivity contribution < 1.29 is 62.2 Å². The van der Waals surface area contributed by atoms with Crippen molar-refractivity contribution in [2.24, 2.45) is 29.6 Å². The first-order valence-electron chi connectivity index (χ1n) is 23.1. The second kappa shape index (κ2) is 20.5. The van der Waals surface area contributed by atoms with Crippen LogP contribution in [0.5, 0.6) is 0 Å². The summed E-state index contributed by atoms with van der Waals surface area (Å²) in [5.41, 5.74) is -2.09. The molecule has 18 heteroatoms. The van der Waals surface area contributed by atoms with Crippen molar-refractivity contribution in [1.82, 2.24) is 14.7 Å². The number of halogens is 2. The number of aliphatic hydroxyl groups is 1. The number of methoxy groups -OCH3 is 1. The summed E-state index contributed by atoms with van der Waals surface area (Å²) < 4.78 is 43.6. The zero-order valence-electron chi connectivity index (χ0n) is 39.6. The molecule has 0 aromatic heterocycles. The summed E-state index contributed by atoms with van der Waals surface area (Å²) in [4.78, 5) is 75.2. The van der Waals surface area contributed by atoms with Crippen LogP contribution in [0.4, 0.5) is 14.4 Å². The average Bonchev–Trinajstić information content (AvgIpc) is 3.95. The van der Waals surface area contributed by atoms with E-state index in [9.17, 15) is 24.3 Å². The Morgan fingerprint density at radius 2 is 1.69 bits per heavy atom. The minimum absolute atomic E-state index is 0.0455. The predicted molar refractivity (Wildman–Crippen MR) is 239 cm³/mol. The van der Waals surface area contributed by atoms with Gasteiger partial charge in [-0.3, -0.25) is 14.5 Å². The minimum atomic E-state index is -1.52. The first-order chi connectivity index (χ1) is 30.5. The number of esters is 1. The van der Waals surface area contributed by atoms with E-state index in [1.165, 1.54) is 12.0 Å². The second-order valence-electron chi connectivity index (χ2n) is 19.7. The van der Waals surface area contributed by atoms with Crippen molar-refractivity contribution in [2.75, 3.05) is 33.9 Å². The Hall–Kier alpha value is -3.25. The molecule has 0 bridgehead atoms. The molecule has 15 atom stereocenters. The third-order valence-corrected chi connectivity index (χ3v) is 15.4. The van der Waals surface area contributed by atoms with E-state index in [2.05, 4.69) is 4.90 Å². The summed E-state index contributed by atoms with van der Waals surface area (Å²) in [7, 11) is 3.47. The number of Topliss-reactive ketones (excluding diaryl/α,β-unsaturated/α-hetero) is 1. The number of carbonyl (C=O) groups excluding carboxylic acids is 5. The zero-order chi connectivity index (χ0) is 47.9. The Morgan fingerprint density at radius 1 is 1.00 bits per heavy atom. The molecule has 5 fully saturated rings. The van der Waals surface area contributed by atoms with Crippen LogP contribution in [0.25, 0.3) is 0 Å². The fourth-order valence-electron chi connectivity index (χ4n) is 10.7. The number of amides is 3. The molecule has 6 rings (SSSR count). The van der Waals surface area contributed by atoms with Gasteiger partial charge in [0, 0.05) is 44.0 Å². The largest absolute Gasteiger partial charge is 0.458 e. The highest BCUT2D eigenvalue weighted by molar-refractivity contribution is 6.42. The number of hydrogen-bond acceptors (Lipinski definition) is 14. The van der Waals surface area contributed by atoms with Gasteiger partial charge in [0.2, 0.25) is 0 Å². The first kappa shape index (κ1) is 51.1. The highest BCUT2D eigenvalue weighted by Crippen LogP contribution is 2.44. The Bertz CT molecular complexity index is 1920. The molecule has 3 amide bonds. The lowest BCUT2D eigenvalue weighted by Gasteiger charge is -2.48. The van der Waals surface area contributed by atoms with Gasteiger partial charge in [-0.15, -0.1) is 0 Å². The van der Waals surface area contributed by atoms with Crippen LogP contribution in [0.2, 0.25) is 10.0 Å². The van der Waals surface area contributed by atoms with Gasteiger partial charge in [0.05, 0.1) is 45.9 Å². The van der Waals surface area contributed by atoms with Crippen LogP contribution < -0.4 is 0 Å². The lowest BCUT2D eigenvalue weighted by molar-refractivity contribution is -0.302. The molecule has 1 aromatic rings. The van der Waals surface area contributed by atoms with E-state index in [4.69, 9.17) is 56.4 Å². The van der Waals surface area contributed by atoms with Crippen molar-refractivity contribution in [3.05, 3.63) is 33.8 Å². The standard InChI is InChI=1S/C47H69Cl2N3O13/c1-12-35-47(9)39(51(43(56)65-47)18-17-30-15-16-32(48)33(49)20-30)27(5)36(53)24(2)21-46(8,59-11)40(64-42-37(54)34(19-26(4)61-42)50(10)22-31-13-14-31)28(6)38(29(7)41(55)62-35)63-45(58)52-25(3)23-60-44(52)57/h15-16,20,24-29,31,34-35,37-40,42,54H,12-14,17-19,21-23H2,1-11H3/t24-,25+,26-,27-,28+,29-,34+,35-,37-,38+,39-,40-,42+,46+,47-/m1/s1. The summed E-state index contributed by atoms with van der Waals surface area (Å²) in [6, 6.07) is 3.33. The van der Waals surface area contributed by atoms with E-state index >= 15 is 4.79 Å². The number of likely N-dealkylation sites (N-methyl/N-ethyl adjacent to an activating group) is 1. The van der Waals surface area contributed by atoms with E-state index in [0.29, 0.717) is 28.8 Å². The molecule has 16 nitrogen and oxygen atoms in total. The van der Waals surface area contributed by atoms with E-state index in [-0.39, 0.29) is 43.9 Å². The number of ketones is 1. The third kappa shape index (κ3) is 10.7. The third-order valence-electron chi connectivity index (χ3n) is 14.6. The molecule has 1 N–H and O–H groups in total. The maximum absolute atomic E-state index is 15.0. The number of ether oxygens (including phenoxy) is 7. The van der Waals surface area contributed by atoms with Crippen molar-refractivity contribution >= 4 is 53.2 Å². The Labute approximate surface area is 393 Å². The smallest absolute Gasteiger partial charge is 0.419 e. The van der Waals surface area contributed by atoms with Crippen molar-refractivity contribution in [3.8, 4) is 0 Å². The molecule has 1 aliphatic carbocycles. The molecular weight excluding hydrogens is 885 g/mol. The van der Waals surface area contributed by atoms with E-state index in [1.807, 2.05) is 20.0 Å². The van der Waals surface area contributed by atoms with Gasteiger partial charge in [0.15, 0.2) is 11.9 Å². The summed E-state index contributed by atoms with van der Waals surface area (Å²) in [5, 5.41) is 12.8. The van der Waals surface area contributed by atoms with E-state index < -0.39 is 102 Å². The Balaban J connectivity index is 1.42. The van der Waals surface area contributed by atoms with Crippen molar-refractivity contribution in [2.45, 2.75) is 167 Å². The summed E-state index contributed by atoms with van der Waals surface area (Å²) in [6.07, 6.45) is -5.38. The van der Waals surface area contributed by atoms with Crippen LogP contribution in [0.3, 0.4) is 0 Å². The number of cyclic esters (lactones) is 2. The summed E-state index contributed by atoms with van der Waals surface area (Å²) in [6.45, 7) is 16.5. The molecule has 4 heterocycles. The van der Waals surface area contributed by atoms with Crippen LogP contribution in [-0.4, -0.2) is 150 Å². The first-order valence-corrected chi connectivity index (χ1v) is 23.9. The lowest BCUT2D eigenvalue weighted by atomic mass is 9.73. The highest BCUT2D eigenvalue weighted by atomic mass is 35.5. The van der Waals surface area contributed by atoms with Crippen molar-refractivity contribution in [1.29, 1.82) is 0 Å². The SMILES string of the molecule is CC[C@H]1OC(=O)[C@H](C)[C@@H](OC(=O)N2C(=O)OC[C@@H]2C)[C@H](C)[C@@H](O[C@@H]2O[C@H](C)C[C@H](N(C)CC3CC3)[C@H]2O)[C@@](C)(OC)C[C@@H](C)C(=O)[C@@H](C)[C@H]2N(CCc3ccc(Cl)c(Cl)c3)C(=O)O[C@]12C. The number of hydrogen-bond donors (Lipinski definition) is 1. The van der Waals surface area contributed by atoms with Gasteiger partial charge < -0.3 is 43.2 Å². The fourth-order valence-corrected chi connectivity index (χ4v) is 11.0. The molecule has 0 radical (unpaired) electrons. The van der Waals surface area contributed by atoms with Crippen molar-refractivity contribution in [3.63, 3.8) is 0 Å². The lowest BCUT2D eigenvalue weighted by Crippen LogP contribution is -2.61. The van der Waals surface area contributed by atoms with Gasteiger partial charge in [0.1, 0.15) is 30.7 Å². The summed E-state index contributed by atoms with van der Waals surface area (Å²) in [5.74, 6) is -4.19. The minimum Gasteiger partial charge on any atom is -0.458 e. The fraction of sp³-hybridized carbons (Fsp3) is 0.766. The Kier molecular flexibility index (Phi) is 16.2. The van der Waals surface area contributed by atoms with Crippen LogP contribution in [0.15, 0.2) is 18.2 Å². The van der Waals surface area contributed by atoms with E-state index in [1.54, 1.807) is 67.5 Å². The van der Waals surface area contributed by atoms with Gasteiger partial charge in [-0.25, -0.2) is 19.3 Å². The Morgan fingerprint density at radius 3 is 2.29 bits per heavy atom. The molecule has 1 aromatic carbocycles. The second-order valence-corrected chi connectivity index (χ2v) is 20.5. The molecule has 0 spiro atoms. The number of aliphatic hydroxyl groups excluding tert-OH is 1. The van der Waals surface area contributed by atoms with Gasteiger partial charge in [-0.1, -0.05) is 57.0 Å². The zero-order valence-corrected chi connectivity index (χ0v) is 41.1. The number of imide groups is 1. The van der Waals surface area contributed by atoms with Gasteiger partial charge in [-0.2, -0.15) is 0 Å². The number of nitrogens with zero attached hydrogens (tertiary/aromatic N) is 3. The molecule has 1 saturated carbocycles.